The highest BCUT2D eigenvalue weighted by Crippen LogP contribution is 2.32. The lowest BCUT2D eigenvalue weighted by molar-refractivity contribution is -0.133. The third-order valence-corrected chi connectivity index (χ3v) is 6.50. The summed E-state index contributed by atoms with van der Waals surface area (Å²) in [5.41, 5.74) is 1.18. The lowest BCUT2D eigenvalue weighted by atomic mass is 9.94. The molecule has 2 heterocycles. The zero-order valence-electron chi connectivity index (χ0n) is 19.2. The SMILES string of the molecule is CCNC(=O)C[C@@H]1CC[C@H]2[C@H](COc3ccc(NC(=O)c4ccccc4Cl)cc3C(=O)N2C)O1. The van der Waals surface area contributed by atoms with Crippen molar-refractivity contribution in [2.24, 2.45) is 0 Å². The van der Waals surface area contributed by atoms with Crippen LogP contribution in [0.4, 0.5) is 5.69 Å². The predicted octanol–water partition coefficient (Wildman–Crippen LogP) is 3.50. The largest absolute Gasteiger partial charge is 0.490 e. The van der Waals surface area contributed by atoms with Crippen molar-refractivity contribution in [1.82, 2.24) is 10.2 Å². The Balaban J connectivity index is 1.50. The molecule has 2 N–H and O–H groups in total. The lowest BCUT2D eigenvalue weighted by Gasteiger charge is -2.42. The average molecular weight is 486 g/mol. The number of fused-ring (bicyclic) bond motifs is 2. The van der Waals surface area contributed by atoms with Crippen LogP contribution in [0.2, 0.25) is 5.02 Å². The molecular formula is C25H28ClN3O5. The van der Waals surface area contributed by atoms with Gasteiger partial charge in [0.15, 0.2) is 0 Å². The first-order valence-electron chi connectivity index (χ1n) is 11.4. The number of amides is 3. The van der Waals surface area contributed by atoms with E-state index in [2.05, 4.69) is 10.6 Å². The fourth-order valence-electron chi connectivity index (χ4n) is 4.43. The van der Waals surface area contributed by atoms with E-state index in [1.54, 1.807) is 54.4 Å². The molecule has 2 aromatic rings. The Bertz CT molecular complexity index is 1090. The van der Waals surface area contributed by atoms with Crippen LogP contribution in [0.1, 0.15) is 46.9 Å². The number of carbonyl (C=O) groups excluding carboxylic acids is 3. The van der Waals surface area contributed by atoms with Gasteiger partial charge in [-0.15, -0.1) is 0 Å². The van der Waals surface area contributed by atoms with Crippen molar-refractivity contribution >= 4 is 35.0 Å². The van der Waals surface area contributed by atoms with E-state index in [9.17, 15) is 14.4 Å². The molecule has 0 radical (unpaired) electrons. The Hall–Kier alpha value is -3.10. The molecular weight excluding hydrogens is 458 g/mol. The quantitative estimate of drug-likeness (QED) is 0.675. The molecule has 9 heteroatoms. The van der Waals surface area contributed by atoms with Crippen molar-refractivity contribution in [3.63, 3.8) is 0 Å². The molecule has 2 aromatic carbocycles. The highest BCUT2D eigenvalue weighted by atomic mass is 35.5. The third-order valence-electron chi connectivity index (χ3n) is 6.18. The Morgan fingerprint density at radius 2 is 1.97 bits per heavy atom. The average Bonchev–Trinajstić information content (AvgIpc) is 2.82. The molecule has 4 rings (SSSR count). The molecule has 3 amide bonds. The number of hydrogen-bond donors (Lipinski definition) is 2. The number of rotatable bonds is 5. The van der Waals surface area contributed by atoms with Crippen LogP contribution in [0, 0.1) is 0 Å². The summed E-state index contributed by atoms with van der Waals surface area (Å²) >= 11 is 6.13. The number of ether oxygens (including phenoxy) is 2. The van der Waals surface area contributed by atoms with Gasteiger partial charge in [0.1, 0.15) is 18.5 Å². The number of carbonyl (C=O) groups is 3. The van der Waals surface area contributed by atoms with Crippen LogP contribution in [0.25, 0.3) is 0 Å². The van der Waals surface area contributed by atoms with Crippen molar-refractivity contribution in [3.8, 4) is 5.75 Å². The van der Waals surface area contributed by atoms with Crippen LogP contribution in [0.5, 0.6) is 5.75 Å². The molecule has 1 saturated heterocycles. The van der Waals surface area contributed by atoms with Crippen LogP contribution in [-0.4, -0.2) is 61.1 Å². The van der Waals surface area contributed by atoms with Crippen LogP contribution < -0.4 is 15.4 Å². The number of benzene rings is 2. The summed E-state index contributed by atoms with van der Waals surface area (Å²) in [5.74, 6) is -0.208. The Labute approximate surface area is 203 Å². The zero-order chi connectivity index (χ0) is 24.2. The van der Waals surface area contributed by atoms with Gasteiger partial charge in [0, 0.05) is 19.3 Å². The first-order chi connectivity index (χ1) is 16.4. The molecule has 180 valence electrons. The zero-order valence-corrected chi connectivity index (χ0v) is 19.9. The smallest absolute Gasteiger partial charge is 0.257 e. The molecule has 0 aromatic heterocycles. The van der Waals surface area contributed by atoms with Crippen molar-refractivity contribution in [1.29, 1.82) is 0 Å². The molecule has 8 nitrogen and oxygen atoms in total. The maximum absolute atomic E-state index is 13.3. The fourth-order valence-corrected chi connectivity index (χ4v) is 4.65. The normalized spacial score (nSPS) is 21.9. The van der Waals surface area contributed by atoms with Crippen molar-refractivity contribution in [2.45, 2.75) is 44.4 Å². The van der Waals surface area contributed by atoms with Crippen LogP contribution in [0.3, 0.4) is 0 Å². The molecule has 34 heavy (non-hydrogen) atoms. The van der Waals surface area contributed by atoms with Gasteiger partial charge in [-0.25, -0.2) is 0 Å². The van der Waals surface area contributed by atoms with Crippen molar-refractivity contribution in [2.75, 3.05) is 25.5 Å². The van der Waals surface area contributed by atoms with E-state index in [-0.39, 0.29) is 42.6 Å². The second kappa shape index (κ2) is 10.4. The van der Waals surface area contributed by atoms with Gasteiger partial charge in [-0.3, -0.25) is 14.4 Å². The summed E-state index contributed by atoms with van der Waals surface area (Å²) in [6, 6.07) is 11.6. The van der Waals surface area contributed by atoms with E-state index < -0.39 is 0 Å². The van der Waals surface area contributed by atoms with Crippen LogP contribution in [-0.2, 0) is 9.53 Å². The van der Waals surface area contributed by atoms with Gasteiger partial charge in [-0.1, -0.05) is 23.7 Å². The van der Waals surface area contributed by atoms with Gasteiger partial charge in [0.05, 0.1) is 34.7 Å². The molecule has 0 unspecified atom stereocenters. The maximum atomic E-state index is 13.3. The first kappa shape index (κ1) is 24.0. The predicted molar refractivity (Wildman–Crippen MR) is 128 cm³/mol. The minimum Gasteiger partial charge on any atom is -0.490 e. The molecule has 0 spiro atoms. The van der Waals surface area contributed by atoms with Crippen molar-refractivity contribution in [3.05, 3.63) is 58.6 Å². The highest BCUT2D eigenvalue weighted by Gasteiger charge is 2.39. The highest BCUT2D eigenvalue weighted by molar-refractivity contribution is 6.34. The van der Waals surface area contributed by atoms with E-state index in [1.807, 2.05) is 6.92 Å². The Morgan fingerprint density at radius 3 is 2.74 bits per heavy atom. The summed E-state index contributed by atoms with van der Waals surface area (Å²) in [6.07, 6.45) is 1.13. The molecule has 0 aliphatic carbocycles. The van der Waals surface area contributed by atoms with Crippen LogP contribution >= 0.6 is 11.6 Å². The minimum absolute atomic E-state index is 0.0427. The number of halogens is 1. The molecule has 2 aliphatic heterocycles. The van der Waals surface area contributed by atoms with E-state index in [0.717, 1.165) is 0 Å². The van der Waals surface area contributed by atoms with E-state index in [0.29, 0.717) is 53.4 Å². The van der Waals surface area contributed by atoms with Gasteiger partial charge in [-0.05, 0) is 50.1 Å². The number of nitrogens with zero attached hydrogens (tertiary/aromatic N) is 1. The summed E-state index contributed by atoms with van der Waals surface area (Å²) in [7, 11) is 1.75. The monoisotopic (exact) mass is 485 g/mol. The molecule has 3 atom stereocenters. The number of likely N-dealkylation sites (N-methyl/N-ethyl adjacent to an activating group) is 1. The van der Waals surface area contributed by atoms with Gasteiger partial charge in [0.25, 0.3) is 11.8 Å². The van der Waals surface area contributed by atoms with E-state index in [1.165, 1.54) is 0 Å². The number of anilines is 1. The molecule has 2 aliphatic rings. The van der Waals surface area contributed by atoms with Gasteiger partial charge >= 0.3 is 0 Å². The first-order valence-corrected chi connectivity index (χ1v) is 11.8. The fraction of sp³-hybridized carbons (Fsp3) is 0.400. The second-order valence-corrected chi connectivity index (χ2v) is 8.88. The van der Waals surface area contributed by atoms with Crippen molar-refractivity contribution < 1.29 is 23.9 Å². The maximum Gasteiger partial charge on any atom is 0.257 e. The summed E-state index contributed by atoms with van der Waals surface area (Å²) in [6.45, 7) is 2.71. The van der Waals surface area contributed by atoms with Gasteiger partial charge < -0.3 is 25.0 Å². The van der Waals surface area contributed by atoms with Crippen LogP contribution in [0.15, 0.2) is 42.5 Å². The molecule has 0 saturated carbocycles. The van der Waals surface area contributed by atoms with Gasteiger partial charge in [-0.2, -0.15) is 0 Å². The second-order valence-electron chi connectivity index (χ2n) is 8.47. The number of nitrogens with one attached hydrogen (secondary N) is 2. The van der Waals surface area contributed by atoms with E-state index in [4.69, 9.17) is 21.1 Å². The molecule has 1 fully saturated rings. The Kier molecular flexibility index (Phi) is 7.38. The summed E-state index contributed by atoms with van der Waals surface area (Å²) < 4.78 is 12.1. The topological polar surface area (TPSA) is 97.0 Å². The Morgan fingerprint density at radius 1 is 1.18 bits per heavy atom. The van der Waals surface area contributed by atoms with E-state index >= 15 is 0 Å². The summed E-state index contributed by atoms with van der Waals surface area (Å²) in [5, 5.41) is 5.94. The number of hydrogen-bond acceptors (Lipinski definition) is 5. The summed E-state index contributed by atoms with van der Waals surface area (Å²) in [4.78, 5) is 39.6. The minimum atomic E-state index is -0.364. The third kappa shape index (κ3) is 5.18. The molecule has 0 bridgehead atoms. The van der Waals surface area contributed by atoms with Gasteiger partial charge in [0.2, 0.25) is 5.91 Å². The lowest BCUT2D eigenvalue weighted by Crippen LogP contribution is -2.54. The standard InChI is InChI=1S/C25H28ClN3O5/c1-3-27-23(30)13-16-9-10-20-22(34-16)14-33-21-11-8-15(12-18(21)25(32)29(20)2)28-24(31)17-6-4-5-7-19(17)26/h4-8,11-12,16,20,22H,3,9-10,13-14H2,1-2H3,(H,27,30)(H,28,31)/t16-,20-,22-/m0/s1.